The van der Waals surface area contributed by atoms with Crippen LogP contribution in [0.1, 0.15) is 23.9 Å². The highest BCUT2D eigenvalue weighted by Crippen LogP contribution is 2.31. The second-order valence-electron chi connectivity index (χ2n) is 5.79. The van der Waals surface area contributed by atoms with Gasteiger partial charge in [-0.3, -0.25) is 0 Å². The van der Waals surface area contributed by atoms with Crippen LogP contribution >= 0.6 is 35.6 Å². The van der Waals surface area contributed by atoms with E-state index in [1.165, 1.54) is 4.68 Å². The number of rotatable bonds is 10. The lowest BCUT2D eigenvalue weighted by Gasteiger charge is -2.26. The number of nitrogen functional groups attached to an aromatic ring is 1. The Hall–Kier alpha value is -1.90. The number of benzene rings is 1. The van der Waals surface area contributed by atoms with Crippen LogP contribution in [-0.4, -0.2) is 52.5 Å². The molecule has 0 aliphatic heterocycles. The van der Waals surface area contributed by atoms with E-state index in [-0.39, 0.29) is 12.4 Å². The van der Waals surface area contributed by atoms with E-state index in [0.717, 1.165) is 22.6 Å². The molecule has 0 spiro atoms. The Morgan fingerprint density at radius 1 is 1.25 bits per heavy atom. The van der Waals surface area contributed by atoms with Gasteiger partial charge in [0.25, 0.3) is 5.95 Å². The topological polar surface area (TPSA) is 93.6 Å². The summed E-state index contributed by atoms with van der Waals surface area (Å²) < 4.78 is 7.17. The standard InChI is InChI=1S/C17H25Cl2N7O.ClH/c1-4-27-16-10-14(11-21-23-17-24-22-13(3)26(17)20)12(2)9-15(16)25(7-5-18)8-6-19;/h9-11H,4-8,20H2,1-3H3,(H,23,24);1H/b21-11-;. The minimum atomic E-state index is 0. The molecule has 8 nitrogen and oxygen atoms in total. The van der Waals surface area contributed by atoms with Crippen LogP contribution < -0.4 is 20.9 Å². The van der Waals surface area contributed by atoms with Crippen molar-refractivity contribution in [3.63, 3.8) is 0 Å². The van der Waals surface area contributed by atoms with Crippen LogP contribution in [0.15, 0.2) is 17.2 Å². The van der Waals surface area contributed by atoms with Crippen molar-refractivity contribution in [3.05, 3.63) is 29.1 Å². The van der Waals surface area contributed by atoms with Crippen molar-refractivity contribution in [2.75, 3.05) is 47.6 Å². The minimum Gasteiger partial charge on any atom is -0.492 e. The summed E-state index contributed by atoms with van der Waals surface area (Å²) in [5.41, 5.74) is 5.71. The minimum absolute atomic E-state index is 0. The number of nitrogens with one attached hydrogen (secondary N) is 1. The molecule has 0 radical (unpaired) electrons. The normalized spacial score (nSPS) is 10.8. The first kappa shape index (κ1) is 24.1. The molecule has 156 valence electrons. The number of hydrogen-bond acceptors (Lipinski definition) is 7. The third-order valence-electron chi connectivity index (χ3n) is 3.93. The number of halogens is 3. The number of ether oxygens (including phenoxy) is 1. The average Bonchev–Trinajstić information content (AvgIpc) is 2.96. The zero-order chi connectivity index (χ0) is 19.8. The number of hydrazone groups is 1. The quantitative estimate of drug-likeness (QED) is 0.250. The Bertz CT molecular complexity index is 776. The average molecular weight is 451 g/mol. The van der Waals surface area contributed by atoms with Crippen molar-refractivity contribution in [3.8, 4) is 5.75 Å². The highest BCUT2D eigenvalue weighted by atomic mass is 35.5. The Kier molecular flexibility index (Phi) is 10.2. The molecular weight excluding hydrogens is 425 g/mol. The fraction of sp³-hybridized carbons (Fsp3) is 0.471. The number of aryl methyl sites for hydroxylation is 2. The number of nitrogens with two attached hydrogens (primary N) is 1. The first-order valence-corrected chi connectivity index (χ1v) is 9.69. The molecular formula is C17H26Cl3N7O. The van der Waals surface area contributed by atoms with Crippen LogP contribution in [0, 0.1) is 13.8 Å². The predicted octanol–water partition coefficient (Wildman–Crippen LogP) is 3.16. The lowest BCUT2D eigenvalue weighted by molar-refractivity contribution is 0.340. The molecule has 0 fully saturated rings. The highest BCUT2D eigenvalue weighted by Gasteiger charge is 2.14. The van der Waals surface area contributed by atoms with Gasteiger partial charge in [-0.15, -0.1) is 45.8 Å². The number of nitrogens with zero attached hydrogens (tertiary/aromatic N) is 5. The highest BCUT2D eigenvalue weighted by molar-refractivity contribution is 6.18. The maximum absolute atomic E-state index is 5.95. The molecule has 2 aromatic rings. The molecule has 0 bridgehead atoms. The van der Waals surface area contributed by atoms with Gasteiger partial charge in [0, 0.05) is 30.4 Å². The molecule has 3 N–H and O–H groups in total. The van der Waals surface area contributed by atoms with Gasteiger partial charge in [0.15, 0.2) is 5.82 Å². The maximum Gasteiger partial charge on any atom is 0.263 e. The van der Waals surface area contributed by atoms with E-state index in [9.17, 15) is 0 Å². The Morgan fingerprint density at radius 2 is 1.93 bits per heavy atom. The smallest absolute Gasteiger partial charge is 0.263 e. The molecule has 0 saturated heterocycles. The van der Waals surface area contributed by atoms with Crippen molar-refractivity contribution < 1.29 is 4.74 Å². The molecule has 0 unspecified atom stereocenters. The van der Waals surface area contributed by atoms with Crippen molar-refractivity contribution in [1.29, 1.82) is 0 Å². The maximum atomic E-state index is 5.95. The monoisotopic (exact) mass is 449 g/mol. The Morgan fingerprint density at radius 3 is 2.46 bits per heavy atom. The van der Waals surface area contributed by atoms with Crippen LogP contribution in [0.4, 0.5) is 11.6 Å². The number of hydrogen-bond donors (Lipinski definition) is 2. The van der Waals surface area contributed by atoms with E-state index >= 15 is 0 Å². The summed E-state index contributed by atoms with van der Waals surface area (Å²) in [6, 6.07) is 4.01. The lowest BCUT2D eigenvalue weighted by atomic mass is 10.1. The summed E-state index contributed by atoms with van der Waals surface area (Å²) >= 11 is 11.9. The van der Waals surface area contributed by atoms with Crippen molar-refractivity contribution in [2.24, 2.45) is 5.10 Å². The number of alkyl halides is 2. The Balaban J connectivity index is 0.00000392. The molecule has 11 heteroatoms. The van der Waals surface area contributed by atoms with Gasteiger partial charge in [-0.05, 0) is 38.5 Å². The predicted molar refractivity (Wildman–Crippen MR) is 119 cm³/mol. The summed E-state index contributed by atoms with van der Waals surface area (Å²) in [5.74, 6) is 8.52. The zero-order valence-corrected chi connectivity index (χ0v) is 18.5. The lowest BCUT2D eigenvalue weighted by Crippen LogP contribution is -2.28. The third kappa shape index (κ3) is 6.05. The van der Waals surface area contributed by atoms with Gasteiger partial charge >= 0.3 is 0 Å². The van der Waals surface area contributed by atoms with Crippen molar-refractivity contribution in [2.45, 2.75) is 20.8 Å². The van der Waals surface area contributed by atoms with Crippen LogP contribution in [-0.2, 0) is 0 Å². The van der Waals surface area contributed by atoms with Gasteiger partial charge in [0.1, 0.15) is 5.75 Å². The van der Waals surface area contributed by atoms with Gasteiger partial charge in [-0.2, -0.15) is 5.10 Å². The van der Waals surface area contributed by atoms with E-state index in [1.807, 2.05) is 19.9 Å². The molecule has 28 heavy (non-hydrogen) atoms. The molecule has 0 aliphatic carbocycles. The molecule has 0 atom stereocenters. The fourth-order valence-electron chi connectivity index (χ4n) is 2.51. The molecule has 0 saturated carbocycles. The van der Waals surface area contributed by atoms with Gasteiger partial charge in [0.05, 0.1) is 18.5 Å². The number of aromatic nitrogens is 3. The summed E-state index contributed by atoms with van der Waals surface area (Å²) in [7, 11) is 0. The molecule has 2 rings (SSSR count). The van der Waals surface area contributed by atoms with E-state index in [4.69, 9.17) is 33.8 Å². The van der Waals surface area contributed by atoms with Crippen LogP contribution in [0.25, 0.3) is 0 Å². The first-order chi connectivity index (χ1) is 13.0. The summed E-state index contributed by atoms with van der Waals surface area (Å²) in [5, 5.41) is 12.0. The summed E-state index contributed by atoms with van der Waals surface area (Å²) in [6.45, 7) is 7.64. The van der Waals surface area contributed by atoms with E-state index in [0.29, 0.717) is 43.2 Å². The van der Waals surface area contributed by atoms with Crippen molar-refractivity contribution >= 4 is 53.5 Å². The first-order valence-electron chi connectivity index (χ1n) is 8.62. The molecule has 1 heterocycles. The van der Waals surface area contributed by atoms with E-state index in [2.05, 4.69) is 31.7 Å². The van der Waals surface area contributed by atoms with Gasteiger partial charge in [-0.1, -0.05) is 0 Å². The number of anilines is 2. The van der Waals surface area contributed by atoms with Gasteiger partial charge in [0.2, 0.25) is 0 Å². The Labute approximate surface area is 181 Å². The van der Waals surface area contributed by atoms with E-state index < -0.39 is 0 Å². The molecule has 1 aromatic heterocycles. The molecule has 0 amide bonds. The van der Waals surface area contributed by atoms with Crippen LogP contribution in [0.5, 0.6) is 5.75 Å². The zero-order valence-electron chi connectivity index (χ0n) is 16.2. The second-order valence-corrected chi connectivity index (χ2v) is 6.54. The molecule has 0 aliphatic rings. The third-order valence-corrected chi connectivity index (χ3v) is 4.27. The van der Waals surface area contributed by atoms with Crippen LogP contribution in [0.3, 0.4) is 0 Å². The van der Waals surface area contributed by atoms with Crippen LogP contribution in [0.2, 0.25) is 0 Å². The van der Waals surface area contributed by atoms with Gasteiger partial charge in [-0.25, -0.2) is 10.1 Å². The SMILES string of the molecule is CCOc1cc(/C=N\Nc2nnc(C)n2N)c(C)cc1N(CCCl)CCCl.Cl. The molecule has 1 aromatic carbocycles. The summed E-state index contributed by atoms with van der Waals surface area (Å²) in [4.78, 5) is 2.12. The second kappa shape index (κ2) is 11.8. The largest absolute Gasteiger partial charge is 0.492 e. The summed E-state index contributed by atoms with van der Waals surface area (Å²) in [6.07, 6.45) is 1.69. The van der Waals surface area contributed by atoms with E-state index in [1.54, 1.807) is 13.1 Å². The fourth-order valence-corrected chi connectivity index (χ4v) is 2.92. The van der Waals surface area contributed by atoms with Gasteiger partial charge < -0.3 is 15.5 Å². The van der Waals surface area contributed by atoms with Crippen molar-refractivity contribution in [1.82, 2.24) is 14.9 Å².